The SMILES string of the molecule is CCC(=O)Nc1cncc(-c2cc3c(-c4nc5c(-c6cc(F)cc(NCCN(C)C)c6)cccc5[nH]4)n[nH]c3cn2)c1. The first-order valence-corrected chi connectivity index (χ1v) is 13.7. The number of nitrogens with zero attached hydrogens (tertiary/aromatic N) is 5. The summed E-state index contributed by atoms with van der Waals surface area (Å²) in [4.78, 5) is 31.1. The third kappa shape index (κ3) is 5.54. The zero-order chi connectivity index (χ0) is 29.2. The minimum Gasteiger partial charge on any atom is -0.384 e. The van der Waals surface area contributed by atoms with Gasteiger partial charge in [-0.3, -0.25) is 19.9 Å². The number of para-hydroxylation sites is 1. The topological polar surface area (TPSA) is 128 Å². The van der Waals surface area contributed by atoms with Gasteiger partial charge in [0.2, 0.25) is 5.91 Å². The van der Waals surface area contributed by atoms with Gasteiger partial charge >= 0.3 is 0 Å². The molecule has 6 aromatic rings. The number of likely N-dealkylation sites (N-methyl/N-ethyl adjacent to an activating group) is 1. The van der Waals surface area contributed by atoms with Gasteiger partial charge in [0.25, 0.3) is 0 Å². The van der Waals surface area contributed by atoms with E-state index in [1.54, 1.807) is 25.5 Å². The van der Waals surface area contributed by atoms with Crippen molar-refractivity contribution < 1.29 is 9.18 Å². The van der Waals surface area contributed by atoms with Gasteiger partial charge in [0.05, 0.1) is 40.3 Å². The van der Waals surface area contributed by atoms with Crippen molar-refractivity contribution in [3.05, 3.63) is 72.9 Å². The second-order valence-electron chi connectivity index (χ2n) is 10.3. The quantitative estimate of drug-likeness (QED) is 0.178. The summed E-state index contributed by atoms with van der Waals surface area (Å²) in [5.41, 5.74) is 7.19. The number of halogens is 1. The maximum absolute atomic E-state index is 14.7. The molecule has 0 radical (unpaired) electrons. The van der Waals surface area contributed by atoms with Crippen LogP contribution in [-0.2, 0) is 4.79 Å². The Kier molecular flexibility index (Phi) is 7.32. The van der Waals surface area contributed by atoms with Crippen LogP contribution in [0.15, 0.2) is 67.1 Å². The van der Waals surface area contributed by atoms with Gasteiger partial charge in [0.15, 0.2) is 5.82 Å². The van der Waals surface area contributed by atoms with Crippen LogP contribution in [0.25, 0.3) is 55.8 Å². The summed E-state index contributed by atoms with van der Waals surface area (Å²) in [6.07, 6.45) is 5.39. The van der Waals surface area contributed by atoms with E-state index in [1.165, 1.54) is 12.1 Å². The first kappa shape index (κ1) is 27.0. The van der Waals surface area contributed by atoms with E-state index in [4.69, 9.17) is 4.98 Å². The highest BCUT2D eigenvalue weighted by Gasteiger charge is 2.17. The van der Waals surface area contributed by atoms with E-state index >= 15 is 0 Å². The zero-order valence-electron chi connectivity index (χ0n) is 23.5. The number of anilines is 2. The molecule has 0 saturated carbocycles. The Morgan fingerprint density at radius 3 is 2.69 bits per heavy atom. The van der Waals surface area contributed by atoms with Crippen molar-refractivity contribution in [2.75, 3.05) is 37.8 Å². The van der Waals surface area contributed by atoms with E-state index in [2.05, 4.69) is 40.7 Å². The average Bonchev–Trinajstić information content (AvgIpc) is 3.60. The number of imidazole rings is 1. The van der Waals surface area contributed by atoms with Gasteiger partial charge in [-0.2, -0.15) is 5.10 Å². The van der Waals surface area contributed by atoms with Gasteiger partial charge in [0.1, 0.15) is 11.5 Å². The normalized spacial score (nSPS) is 11.5. The van der Waals surface area contributed by atoms with Crippen molar-refractivity contribution in [1.29, 1.82) is 0 Å². The number of rotatable bonds is 9. The second-order valence-corrected chi connectivity index (χ2v) is 10.3. The Hall–Kier alpha value is -5.16. The molecule has 0 saturated heterocycles. The molecule has 4 aromatic heterocycles. The lowest BCUT2D eigenvalue weighted by Gasteiger charge is -2.13. The summed E-state index contributed by atoms with van der Waals surface area (Å²) < 4.78 is 14.7. The number of pyridine rings is 2. The van der Waals surface area contributed by atoms with Crippen LogP contribution in [0, 0.1) is 5.82 Å². The van der Waals surface area contributed by atoms with Crippen molar-refractivity contribution >= 4 is 39.2 Å². The van der Waals surface area contributed by atoms with Crippen molar-refractivity contribution in [2.24, 2.45) is 0 Å². The lowest BCUT2D eigenvalue weighted by molar-refractivity contribution is -0.115. The largest absolute Gasteiger partial charge is 0.384 e. The predicted molar refractivity (Wildman–Crippen MR) is 164 cm³/mol. The van der Waals surface area contributed by atoms with E-state index in [-0.39, 0.29) is 11.7 Å². The lowest BCUT2D eigenvalue weighted by atomic mass is 10.0. The van der Waals surface area contributed by atoms with Crippen LogP contribution in [0.1, 0.15) is 13.3 Å². The van der Waals surface area contributed by atoms with Crippen LogP contribution in [0.3, 0.4) is 0 Å². The third-order valence-corrected chi connectivity index (χ3v) is 6.92. The fraction of sp³-hybridized carbons (Fsp3) is 0.194. The molecule has 0 aliphatic rings. The van der Waals surface area contributed by atoms with E-state index in [1.807, 2.05) is 50.5 Å². The number of hydrogen-bond acceptors (Lipinski definition) is 7. The summed E-state index contributed by atoms with van der Waals surface area (Å²) in [5, 5.41) is 14.5. The molecule has 11 heteroatoms. The molecule has 0 aliphatic carbocycles. The predicted octanol–water partition coefficient (Wildman–Crippen LogP) is 5.69. The molecule has 0 aliphatic heterocycles. The number of carbonyl (C=O) groups excluding carboxylic acids is 1. The summed E-state index contributed by atoms with van der Waals surface area (Å²) in [5.74, 6) is 0.163. The average molecular weight is 564 g/mol. The number of benzene rings is 2. The molecular weight excluding hydrogens is 533 g/mol. The third-order valence-electron chi connectivity index (χ3n) is 6.92. The van der Waals surface area contributed by atoms with Crippen molar-refractivity contribution in [3.63, 3.8) is 0 Å². The number of aromatic amines is 2. The van der Waals surface area contributed by atoms with Crippen LogP contribution in [0.5, 0.6) is 0 Å². The molecule has 42 heavy (non-hydrogen) atoms. The molecule has 4 heterocycles. The number of fused-ring (bicyclic) bond motifs is 2. The van der Waals surface area contributed by atoms with Gasteiger partial charge in [0, 0.05) is 47.9 Å². The number of amides is 1. The highest BCUT2D eigenvalue weighted by Crippen LogP contribution is 2.34. The summed E-state index contributed by atoms with van der Waals surface area (Å²) >= 11 is 0. The first-order valence-electron chi connectivity index (χ1n) is 13.7. The number of carbonyl (C=O) groups is 1. The minimum absolute atomic E-state index is 0.0891. The van der Waals surface area contributed by atoms with E-state index in [0.717, 1.165) is 39.7 Å². The molecule has 10 nitrogen and oxygen atoms in total. The Bertz CT molecular complexity index is 1910. The van der Waals surface area contributed by atoms with Gasteiger partial charge in [-0.05, 0) is 56.1 Å². The standard InChI is InChI=1S/C31H30FN9O/c1-4-28(42)36-22-12-19(15-33-16-22)26-14-24-27(17-35-26)39-40-30(24)31-37-25-7-5-6-23(29(25)38-31)18-10-20(32)13-21(11-18)34-8-9-41(2)3/h5-7,10-17,34H,4,8-9H2,1-3H3,(H,36,42)(H,37,38)(H,39,40). The van der Waals surface area contributed by atoms with Gasteiger partial charge in [-0.1, -0.05) is 19.1 Å². The fourth-order valence-corrected chi connectivity index (χ4v) is 4.80. The number of nitrogens with one attached hydrogen (secondary N) is 4. The monoisotopic (exact) mass is 563 g/mol. The van der Waals surface area contributed by atoms with Crippen LogP contribution in [0.2, 0.25) is 0 Å². The smallest absolute Gasteiger partial charge is 0.224 e. The van der Waals surface area contributed by atoms with Crippen molar-refractivity contribution in [3.8, 4) is 33.9 Å². The van der Waals surface area contributed by atoms with Crippen LogP contribution in [0.4, 0.5) is 15.8 Å². The number of H-pyrrole nitrogens is 2. The minimum atomic E-state index is -0.321. The van der Waals surface area contributed by atoms with Crippen LogP contribution >= 0.6 is 0 Å². The molecular formula is C31H30FN9O. The first-order chi connectivity index (χ1) is 20.4. The fourth-order valence-electron chi connectivity index (χ4n) is 4.80. The summed E-state index contributed by atoms with van der Waals surface area (Å²) in [6.45, 7) is 3.32. The maximum atomic E-state index is 14.7. The highest BCUT2D eigenvalue weighted by atomic mass is 19.1. The molecule has 0 bridgehead atoms. The Morgan fingerprint density at radius 2 is 1.86 bits per heavy atom. The van der Waals surface area contributed by atoms with Gasteiger partial charge in [-0.25, -0.2) is 9.37 Å². The van der Waals surface area contributed by atoms with E-state index < -0.39 is 0 Å². The second kappa shape index (κ2) is 11.4. The Labute approximate surface area is 241 Å². The van der Waals surface area contributed by atoms with Gasteiger partial charge < -0.3 is 20.5 Å². The number of aromatic nitrogens is 6. The zero-order valence-corrected chi connectivity index (χ0v) is 23.5. The van der Waals surface area contributed by atoms with Crippen LogP contribution in [-0.4, -0.2) is 68.1 Å². The molecule has 1 amide bonds. The van der Waals surface area contributed by atoms with Crippen molar-refractivity contribution in [2.45, 2.75) is 13.3 Å². The molecule has 0 atom stereocenters. The molecule has 4 N–H and O–H groups in total. The molecule has 212 valence electrons. The van der Waals surface area contributed by atoms with E-state index in [0.29, 0.717) is 47.1 Å². The van der Waals surface area contributed by atoms with E-state index in [9.17, 15) is 9.18 Å². The highest BCUT2D eigenvalue weighted by molar-refractivity contribution is 5.98. The molecule has 0 fully saturated rings. The van der Waals surface area contributed by atoms with Gasteiger partial charge in [-0.15, -0.1) is 0 Å². The van der Waals surface area contributed by atoms with Crippen LogP contribution < -0.4 is 10.6 Å². The molecule has 6 rings (SSSR count). The van der Waals surface area contributed by atoms with Crippen molar-refractivity contribution in [1.82, 2.24) is 35.0 Å². The number of hydrogen-bond donors (Lipinski definition) is 4. The maximum Gasteiger partial charge on any atom is 0.224 e. The summed E-state index contributed by atoms with van der Waals surface area (Å²) in [7, 11) is 4.00. The molecule has 0 spiro atoms. The molecule has 2 aromatic carbocycles. The molecule has 0 unspecified atom stereocenters. The Morgan fingerprint density at radius 1 is 1.00 bits per heavy atom. The lowest BCUT2D eigenvalue weighted by Crippen LogP contribution is -2.20. The Balaban J connectivity index is 1.36. The summed E-state index contributed by atoms with van der Waals surface area (Å²) in [6, 6.07) is 14.5.